The SMILES string of the molecule is CC(=O)Nc1ncc(C(=O)O)n1C. The van der Waals surface area contributed by atoms with E-state index < -0.39 is 5.97 Å². The Bertz CT molecular complexity index is 356. The number of nitrogens with zero attached hydrogens (tertiary/aromatic N) is 2. The number of nitrogens with one attached hydrogen (secondary N) is 1. The topological polar surface area (TPSA) is 84.2 Å². The van der Waals surface area contributed by atoms with Crippen LogP contribution in [0, 0.1) is 0 Å². The van der Waals surface area contributed by atoms with E-state index in [1.54, 1.807) is 0 Å². The third-order valence-electron chi connectivity index (χ3n) is 1.50. The van der Waals surface area contributed by atoms with E-state index in [1.165, 1.54) is 24.7 Å². The quantitative estimate of drug-likeness (QED) is 0.679. The van der Waals surface area contributed by atoms with Gasteiger partial charge >= 0.3 is 5.97 Å². The summed E-state index contributed by atoms with van der Waals surface area (Å²) in [5, 5.41) is 11.0. The van der Waals surface area contributed by atoms with Crippen LogP contribution in [0.2, 0.25) is 0 Å². The molecule has 6 nitrogen and oxygen atoms in total. The Morgan fingerprint density at radius 2 is 2.23 bits per heavy atom. The lowest BCUT2D eigenvalue weighted by Gasteiger charge is -2.01. The van der Waals surface area contributed by atoms with Crippen molar-refractivity contribution in [1.29, 1.82) is 0 Å². The molecule has 0 bridgehead atoms. The average Bonchev–Trinajstić information content (AvgIpc) is 2.32. The fraction of sp³-hybridized carbons (Fsp3) is 0.286. The molecule has 13 heavy (non-hydrogen) atoms. The largest absolute Gasteiger partial charge is 0.477 e. The molecule has 0 aliphatic carbocycles. The number of carboxylic acid groups (broad SMARTS) is 1. The van der Waals surface area contributed by atoms with E-state index in [-0.39, 0.29) is 17.5 Å². The molecular formula is C7H9N3O3. The molecule has 1 amide bonds. The number of anilines is 1. The van der Waals surface area contributed by atoms with Crippen LogP contribution in [0.1, 0.15) is 17.4 Å². The van der Waals surface area contributed by atoms with Crippen molar-refractivity contribution in [3.8, 4) is 0 Å². The van der Waals surface area contributed by atoms with E-state index >= 15 is 0 Å². The number of hydrogen-bond acceptors (Lipinski definition) is 3. The summed E-state index contributed by atoms with van der Waals surface area (Å²) < 4.78 is 1.30. The Balaban J connectivity index is 2.99. The molecular weight excluding hydrogens is 174 g/mol. The van der Waals surface area contributed by atoms with Crippen molar-refractivity contribution in [3.63, 3.8) is 0 Å². The summed E-state index contributed by atoms with van der Waals surface area (Å²) in [6, 6.07) is 0. The first-order valence-corrected chi connectivity index (χ1v) is 3.55. The molecule has 0 atom stereocenters. The van der Waals surface area contributed by atoms with Gasteiger partial charge in [0.1, 0.15) is 5.69 Å². The van der Waals surface area contributed by atoms with Crippen molar-refractivity contribution < 1.29 is 14.7 Å². The Hall–Kier alpha value is -1.85. The number of imidazole rings is 1. The van der Waals surface area contributed by atoms with Gasteiger partial charge in [-0.15, -0.1) is 0 Å². The van der Waals surface area contributed by atoms with Crippen LogP contribution in [0.4, 0.5) is 5.95 Å². The molecule has 1 aromatic heterocycles. The van der Waals surface area contributed by atoms with Crippen LogP contribution in [0.3, 0.4) is 0 Å². The van der Waals surface area contributed by atoms with Gasteiger partial charge in [-0.05, 0) is 0 Å². The van der Waals surface area contributed by atoms with Gasteiger partial charge in [0.2, 0.25) is 11.9 Å². The summed E-state index contributed by atoms with van der Waals surface area (Å²) in [6.07, 6.45) is 1.19. The van der Waals surface area contributed by atoms with E-state index in [4.69, 9.17) is 5.11 Å². The summed E-state index contributed by atoms with van der Waals surface area (Å²) in [7, 11) is 1.52. The third kappa shape index (κ3) is 1.84. The van der Waals surface area contributed by atoms with Gasteiger partial charge in [0.25, 0.3) is 0 Å². The van der Waals surface area contributed by atoms with Gasteiger partial charge in [0.15, 0.2) is 0 Å². The second-order valence-corrected chi connectivity index (χ2v) is 2.51. The number of aromatic nitrogens is 2. The summed E-state index contributed by atoms with van der Waals surface area (Å²) in [6.45, 7) is 1.33. The molecule has 0 radical (unpaired) electrons. The van der Waals surface area contributed by atoms with Gasteiger partial charge in [-0.2, -0.15) is 0 Å². The first kappa shape index (κ1) is 9.24. The molecule has 0 spiro atoms. The van der Waals surface area contributed by atoms with Crippen LogP contribution in [0.5, 0.6) is 0 Å². The molecule has 1 heterocycles. The fourth-order valence-corrected chi connectivity index (χ4v) is 0.882. The molecule has 70 valence electrons. The molecule has 0 aliphatic rings. The molecule has 6 heteroatoms. The lowest BCUT2D eigenvalue weighted by Crippen LogP contribution is -2.12. The second-order valence-electron chi connectivity index (χ2n) is 2.51. The van der Waals surface area contributed by atoms with Crippen LogP contribution in [-0.4, -0.2) is 26.5 Å². The monoisotopic (exact) mass is 183 g/mol. The van der Waals surface area contributed by atoms with E-state index in [1.807, 2.05) is 0 Å². The number of carbonyl (C=O) groups excluding carboxylic acids is 1. The second kappa shape index (κ2) is 3.26. The number of carbonyl (C=O) groups is 2. The summed E-state index contributed by atoms with van der Waals surface area (Å²) in [5.74, 6) is -1.14. The highest BCUT2D eigenvalue weighted by Gasteiger charge is 2.12. The van der Waals surface area contributed by atoms with Crippen LogP contribution in [0.15, 0.2) is 6.20 Å². The molecule has 0 saturated heterocycles. The predicted octanol–water partition coefficient (Wildman–Crippen LogP) is 0.0767. The molecule has 0 saturated carbocycles. The first-order chi connectivity index (χ1) is 6.02. The number of rotatable bonds is 2. The van der Waals surface area contributed by atoms with Crippen LogP contribution < -0.4 is 5.32 Å². The smallest absolute Gasteiger partial charge is 0.354 e. The maximum Gasteiger partial charge on any atom is 0.354 e. The zero-order valence-electron chi connectivity index (χ0n) is 7.24. The van der Waals surface area contributed by atoms with Crippen molar-refractivity contribution in [1.82, 2.24) is 9.55 Å². The Morgan fingerprint density at radius 3 is 2.62 bits per heavy atom. The Kier molecular flexibility index (Phi) is 2.32. The summed E-state index contributed by atoms with van der Waals surface area (Å²) >= 11 is 0. The number of aromatic carboxylic acids is 1. The Morgan fingerprint density at radius 1 is 1.62 bits per heavy atom. The highest BCUT2D eigenvalue weighted by atomic mass is 16.4. The zero-order valence-corrected chi connectivity index (χ0v) is 7.24. The minimum absolute atomic E-state index is 0.0313. The highest BCUT2D eigenvalue weighted by molar-refractivity contribution is 5.89. The predicted molar refractivity (Wildman–Crippen MR) is 44.5 cm³/mol. The van der Waals surface area contributed by atoms with Gasteiger partial charge in [0, 0.05) is 14.0 Å². The van der Waals surface area contributed by atoms with Gasteiger partial charge in [-0.3, -0.25) is 10.1 Å². The number of amides is 1. The molecule has 1 aromatic rings. The van der Waals surface area contributed by atoms with Gasteiger partial charge in [0.05, 0.1) is 6.20 Å². The maximum absolute atomic E-state index is 10.6. The lowest BCUT2D eigenvalue weighted by molar-refractivity contribution is -0.114. The molecule has 0 aliphatic heterocycles. The molecule has 0 fully saturated rings. The fourth-order valence-electron chi connectivity index (χ4n) is 0.882. The van der Waals surface area contributed by atoms with Crippen molar-refractivity contribution in [3.05, 3.63) is 11.9 Å². The van der Waals surface area contributed by atoms with E-state index in [0.29, 0.717) is 0 Å². The lowest BCUT2D eigenvalue weighted by atomic mass is 10.5. The maximum atomic E-state index is 10.6. The minimum Gasteiger partial charge on any atom is -0.477 e. The van der Waals surface area contributed by atoms with Gasteiger partial charge in [-0.1, -0.05) is 0 Å². The molecule has 0 unspecified atom stereocenters. The average molecular weight is 183 g/mol. The number of carboxylic acids is 1. The van der Waals surface area contributed by atoms with E-state index in [9.17, 15) is 9.59 Å². The van der Waals surface area contributed by atoms with Crippen molar-refractivity contribution in [2.45, 2.75) is 6.92 Å². The van der Waals surface area contributed by atoms with E-state index in [2.05, 4.69) is 10.3 Å². The van der Waals surface area contributed by atoms with Crippen molar-refractivity contribution in [2.24, 2.45) is 7.05 Å². The number of hydrogen-bond donors (Lipinski definition) is 2. The van der Waals surface area contributed by atoms with Crippen LogP contribution in [-0.2, 0) is 11.8 Å². The van der Waals surface area contributed by atoms with Crippen molar-refractivity contribution >= 4 is 17.8 Å². The van der Waals surface area contributed by atoms with E-state index in [0.717, 1.165) is 0 Å². The standard InChI is InChI=1S/C7H9N3O3/c1-4(11)9-7-8-3-5(6(12)13)10(7)2/h3H,1-2H3,(H,12,13)(H,8,9,11). The molecule has 1 rings (SSSR count). The zero-order chi connectivity index (χ0) is 10.0. The molecule has 0 aromatic carbocycles. The normalized spacial score (nSPS) is 9.69. The molecule has 2 N–H and O–H groups in total. The third-order valence-corrected chi connectivity index (χ3v) is 1.50. The highest BCUT2D eigenvalue weighted by Crippen LogP contribution is 2.07. The summed E-state index contributed by atoms with van der Waals surface area (Å²) in [5.41, 5.74) is 0.0313. The Labute approximate surface area is 74.2 Å². The summed E-state index contributed by atoms with van der Waals surface area (Å²) in [4.78, 5) is 24.9. The van der Waals surface area contributed by atoms with Gasteiger partial charge < -0.3 is 9.67 Å². The van der Waals surface area contributed by atoms with Crippen LogP contribution in [0.25, 0.3) is 0 Å². The van der Waals surface area contributed by atoms with Crippen molar-refractivity contribution in [2.75, 3.05) is 5.32 Å². The first-order valence-electron chi connectivity index (χ1n) is 3.55. The van der Waals surface area contributed by atoms with Gasteiger partial charge in [-0.25, -0.2) is 9.78 Å². The van der Waals surface area contributed by atoms with Crippen LogP contribution >= 0.6 is 0 Å². The minimum atomic E-state index is -1.08.